The van der Waals surface area contributed by atoms with Gasteiger partial charge in [-0.15, -0.1) is 0 Å². The van der Waals surface area contributed by atoms with Crippen LogP contribution in [0.4, 0.5) is 4.39 Å². The second-order valence-corrected chi connectivity index (χ2v) is 11.8. The van der Waals surface area contributed by atoms with Crippen molar-refractivity contribution in [1.82, 2.24) is 26.2 Å². The van der Waals surface area contributed by atoms with E-state index < -0.39 is 24.3 Å². The maximum atomic E-state index is 15.8. The van der Waals surface area contributed by atoms with Crippen LogP contribution in [0.25, 0.3) is 0 Å². The van der Waals surface area contributed by atoms with Crippen LogP contribution < -0.4 is 27.0 Å². The fourth-order valence-corrected chi connectivity index (χ4v) is 6.76. The van der Waals surface area contributed by atoms with Gasteiger partial charge in [-0.05, 0) is 75.2 Å². The molecule has 0 spiro atoms. The molecule has 0 aromatic heterocycles. The summed E-state index contributed by atoms with van der Waals surface area (Å²) in [4.78, 5) is 14.5. The highest BCUT2D eigenvalue weighted by atomic mass is 19.1. The van der Waals surface area contributed by atoms with Crippen LogP contribution in [0.3, 0.4) is 0 Å². The van der Waals surface area contributed by atoms with E-state index in [2.05, 4.69) is 46.9 Å². The third-order valence-electron chi connectivity index (χ3n) is 8.22. The third kappa shape index (κ3) is 5.63. The number of carbonyl (C=O) groups excluding carboxylic acids is 1. The van der Waals surface area contributed by atoms with Gasteiger partial charge in [0.1, 0.15) is 0 Å². The molecule has 0 bridgehead atoms. The van der Waals surface area contributed by atoms with Crippen molar-refractivity contribution in [3.63, 3.8) is 0 Å². The lowest BCUT2D eigenvalue weighted by Gasteiger charge is -2.47. The number of nitrogens with two attached hydrogens (primary N) is 1. The van der Waals surface area contributed by atoms with E-state index in [1.165, 1.54) is 45.1 Å². The molecule has 3 aliphatic heterocycles. The van der Waals surface area contributed by atoms with Crippen LogP contribution >= 0.6 is 0 Å². The predicted molar refractivity (Wildman–Crippen MR) is 125 cm³/mol. The summed E-state index contributed by atoms with van der Waals surface area (Å²) in [6, 6.07) is 0.602. The number of hydrogen-bond acceptors (Lipinski definition) is 6. The van der Waals surface area contributed by atoms with Gasteiger partial charge in [-0.2, -0.15) is 0 Å². The minimum Gasteiger partial charge on any atom is -0.368 e. The van der Waals surface area contributed by atoms with Gasteiger partial charge in [0, 0.05) is 25.3 Å². The number of primary amides is 1. The molecule has 184 valence electrons. The van der Waals surface area contributed by atoms with Gasteiger partial charge in [-0.3, -0.25) is 25.6 Å². The normalized spacial score (nSPS) is 40.1. The SMILES string of the molecule is CC(C)(C)C[C@H](NC1NCNC(N2CCCC2C2CCC3NCCCC3C2)C1F)C(N)=O. The maximum Gasteiger partial charge on any atom is 0.234 e. The zero-order valence-corrected chi connectivity index (χ0v) is 20.2. The summed E-state index contributed by atoms with van der Waals surface area (Å²) in [5, 5.41) is 13.5. The van der Waals surface area contributed by atoms with Gasteiger partial charge in [0.05, 0.1) is 18.4 Å². The van der Waals surface area contributed by atoms with Crippen molar-refractivity contribution in [2.24, 2.45) is 23.0 Å². The van der Waals surface area contributed by atoms with Crippen molar-refractivity contribution in [1.29, 1.82) is 0 Å². The van der Waals surface area contributed by atoms with Crippen LogP contribution in [-0.2, 0) is 4.79 Å². The monoisotopic (exact) mass is 452 g/mol. The highest BCUT2D eigenvalue weighted by Gasteiger charge is 2.45. The van der Waals surface area contributed by atoms with Gasteiger partial charge in [0.25, 0.3) is 0 Å². The number of piperidine rings is 1. The Morgan fingerprint density at radius 2 is 1.94 bits per heavy atom. The molecule has 0 aromatic rings. The van der Waals surface area contributed by atoms with Crippen molar-refractivity contribution >= 4 is 5.91 Å². The largest absolute Gasteiger partial charge is 0.368 e. The van der Waals surface area contributed by atoms with Crippen LogP contribution in [-0.4, -0.2) is 67.2 Å². The zero-order chi connectivity index (χ0) is 22.9. The second-order valence-electron chi connectivity index (χ2n) is 11.8. The van der Waals surface area contributed by atoms with Gasteiger partial charge in [-0.25, -0.2) is 4.39 Å². The molecule has 32 heavy (non-hydrogen) atoms. The molecule has 6 N–H and O–H groups in total. The predicted octanol–water partition coefficient (Wildman–Crippen LogP) is 1.64. The molecule has 4 aliphatic rings. The second kappa shape index (κ2) is 10.2. The van der Waals surface area contributed by atoms with Crippen molar-refractivity contribution in [3.8, 4) is 0 Å². The summed E-state index contributed by atoms with van der Waals surface area (Å²) >= 11 is 0. The molecule has 7 nitrogen and oxygen atoms in total. The number of amides is 1. The van der Waals surface area contributed by atoms with Crippen LogP contribution in [0, 0.1) is 17.3 Å². The molecule has 3 saturated heterocycles. The number of rotatable bonds is 6. The van der Waals surface area contributed by atoms with E-state index in [0.29, 0.717) is 31.1 Å². The van der Waals surface area contributed by atoms with Crippen molar-refractivity contribution in [2.75, 3.05) is 19.8 Å². The standard InChI is InChI=1S/C24H45FN6O/c1-24(2,3)13-18(21(26)32)30-22-20(25)23(29-14-28-22)31-11-5-7-19(31)16-8-9-17-15(12-16)6-4-10-27-17/h15-20,22-23,27-30H,4-14H2,1-3H3,(H2,26,32)/t15?,16?,17?,18-,19?,20?,22?,23?/m0/s1. The van der Waals surface area contributed by atoms with E-state index in [1.54, 1.807) is 0 Å². The molecule has 1 aliphatic carbocycles. The number of nitrogens with one attached hydrogen (secondary N) is 4. The van der Waals surface area contributed by atoms with Crippen LogP contribution in [0.1, 0.15) is 72.1 Å². The smallest absolute Gasteiger partial charge is 0.234 e. The van der Waals surface area contributed by atoms with Crippen molar-refractivity contribution < 1.29 is 9.18 Å². The number of alkyl halides is 1. The molecule has 8 atom stereocenters. The molecule has 3 heterocycles. The molecule has 0 aromatic carbocycles. The molecular formula is C24H45FN6O. The molecule has 1 amide bonds. The first-order chi connectivity index (χ1) is 15.2. The van der Waals surface area contributed by atoms with E-state index in [-0.39, 0.29) is 11.6 Å². The van der Waals surface area contributed by atoms with Crippen LogP contribution in [0.5, 0.6) is 0 Å². The molecule has 7 unspecified atom stereocenters. The zero-order valence-electron chi connectivity index (χ0n) is 20.2. The number of nitrogens with zero attached hydrogens (tertiary/aromatic N) is 1. The molecule has 4 rings (SSSR count). The van der Waals surface area contributed by atoms with Gasteiger partial charge < -0.3 is 11.1 Å². The summed E-state index contributed by atoms with van der Waals surface area (Å²) in [6.07, 6.45) is 7.22. The van der Waals surface area contributed by atoms with Gasteiger partial charge in [0.15, 0.2) is 6.17 Å². The average Bonchev–Trinajstić information content (AvgIpc) is 3.23. The molecule has 0 radical (unpaired) electrons. The minimum absolute atomic E-state index is 0.0717. The number of halogens is 1. The number of carbonyl (C=O) groups is 1. The Hall–Kier alpha value is -0.800. The highest BCUT2D eigenvalue weighted by molar-refractivity contribution is 5.79. The molecular weight excluding hydrogens is 407 g/mol. The summed E-state index contributed by atoms with van der Waals surface area (Å²) in [5.74, 6) is 1.03. The fraction of sp³-hybridized carbons (Fsp3) is 0.958. The Morgan fingerprint density at radius 1 is 1.12 bits per heavy atom. The van der Waals surface area contributed by atoms with E-state index in [4.69, 9.17) is 5.73 Å². The van der Waals surface area contributed by atoms with E-state index in [0.717, 1.165) is 18.9 Å². The minimum atomic E-state index is -1.15. The van der Waals surface area contributed by atoms with E-state index in [9.17, 15) is 4.79 Å². The fourth-order valence-electron chi connectivity index (χ4n) is 6.76. The summed E-state index contributed by atoms with van der Waals surface area (Å²) in [5.41, 5.74) is 5.58. The summed E-state index contributed by atoms with van der Waals surface area (Å²) in [6.45, 7) is 8.84. The topological polar surface area (TPSA) is 94.4 Å². The van der Waals surface area contributed by atoms with Gasteiger partial charge in [0.2, 0.25) is 5.91 Å². The van der Waals surface area contributed by atoms with E-state index in [1.807, 2.05) is 0 Å². The summed E-state index contributed by atoms with van der Waals surface area (Å²) in [7, 11) is 0. The Labute approximate surface area is 193 Å². The summed E-state index contributed by atoms with van der Waals surface area (Å²) < 4.78 is 15.8. The molecule has 1 saturated carbocycles. The number of fused-ring (bicyclic) bond motifs is 1. The lowest BCUT2D eigenvalue weighted by molar-refractivity contribution is -0.121. The van der Waals surface area contributed by atoms with E-state index >= 15 is 4.39 Å². The lowest BCUT2D eigenvalue weighted by atomic mass is 9.71. The molecule has 4 fully saturated rings. The van der Waals surface area contributed by atoms with Crippen molar-refractivity contribution in [3.05, 3.63) is 0 Å². The van der Waals surface area contributed by atoms with Crippen LogP contribution in [0.15, 0.2) is 0 Å². The van der Waals surface area contributed by atoms with Gasteiger partial charge >= 0.3 is 0 Å². The quantitative estimate of drug-likeness (QED) is 0.421. The Morgan fingerprint density at radius 3 is 2.69 bits per heavy atom. The Balaban J connectivity index is 1.40. The Bertz CT molecular complexity index is 642. The maximum absolute atomic E-state index is 15.8. The number of likely N-dealkylation sites (tertiary alicyclic amines) is 1. The molecule has 8 heteroatoms. The number of hydrogen-bond donors (Lipinski definition) is 5. The first-order valence-corrected chi connectivity index (χ1v) is 12.9. The Kier molecular flexibility index (Phi) is 7.77. The lowest BCUT2D eigenvalue weighted by Crippen LogP contribution is -2.71. The first-order valence-electron chi connectivity index (χ1n) is 12.9. The average molecular weight is 453 g/mol. The highest BCUT2D eigenvalue weighted by Crippen LogP contribution is 2.40. The third-order valence-corrected chi connectivity index (χ3v) is 8.22. The first kappa shape index (κ1) is 24.3. The van der Waals surface area contributed by atoms with Crippen molar-refractivity contribution in [2.45, 2.75) is 109 Å². The van der Waals surface area contributed by atoms with Gasteiger partial charge in [-0.1, -0.05) is 20.8 Å². The van der Waals surface area contributed by atoms with Crippen LogP contribution in [0.2, 0.25) is 0 Å².